The van der Waals surface area contributed by atoms with Gasteiger partial charge in [-0.25, -0.2) is 4.98 Å². The van der Waals surface area contributed by atoms with E-state index < -0.39 is 0 Å². The summed E-state index contributed by atoms with van der Waals surface area (Å²) in [4.78, 5) is 15.0. The highest BCUT2D eigenvalue weighted by Gasteiger charge is 2.20. The predicted molar refractivity (Wildman–Crippen MR) is 115 cm³/mol. The van der Waals surface area contributed by atoms with Gasteiger partial charge in [-0.15, -0.1) is 46.7 Å². The third-order valence-corrected chi connectivity index (χ3v) is 6.02. The largest absolute Gasteiger partial charge is 0.360 e. The van der Waals surface area contributed by atoms with E-state index in [1.165, 1.54) is 9.88 Å². The van der Waals surface area contributed by atoms with Crippen molar-refractivity contribution in [3.05, 3.63) is 33.1 Å². The molecule has 0 saturated carbocycles. The van der Waals surface area contributed by atoms with E-state index in [2.05, 4.69) is 56.5 Å². The molecule has 1 saturated heterocycles. The lowest BCUT2D eigenvalue weighted by Crippen LogP contribution is -2.52. The summed E-state index contributed by atoms with van der Waals surface area (Å²) in [5.41, 5.74) is 1.12. The Morgan fingerprint density at radius 3 is 2.58 bits per heavy atom. The van der Waals surface area contributed by atoms with Gasteiger partial charge in [-0.3, -0.25) is 4.99 Å². The maximum Gasteiger partial charge on any atom is 0.194 e. The molecule has 0 spiro atoms. The highest BCUT2D eigenvalue weighted by atomic mass is 127. The number of aryl methyl sites for hydroxylation is 2. The molecule has 0 aromatic carbocycles. The minimum Gasteiger partial charge on any atom is -0.360 e. The number of aromatic nitrogens is 1. The summed E-state index contributed by atoms with van der Waals surface area (Å²) in [5.74, 6) is 0.987. The molecule has 24 heavy (non-hydrogen) atoms. The van der Waals surface area contributed by atoms with Crippen LogP contribution < -0.4 is 10.2 Å². The molecule has 3 rings (SSSR count). The third kappa shape index (κ3) is 4.60. The highest BCUT2D eigenvalue weighted by molar-refractivity contribution is 14.0. The molecule has 5 nitrogen and oxygen atoms in total. The molecule has 3 heterocycles. The van der Waals surface area contributed by atoms with E-state index in [1.54, 1.807) is 11.3 Å². The fraction of sp³-hybridized carbons (Fsp3) is 0.500. The van der Waals surface area contributed by atoms with Crippen LogP contribution in [0.5, 0.6) is 0 Å². The molecule has 1 aliphatic rings. The number of halogens is 1. The number of thiazole rings is 1. The smallest absolute Gasteiger partial charge is 0.194 e. The first-order valence-electron chi connectivity index (χ1n) is 7.84. The molecule has 0 atom stereocenters. The molecule has 0 unspecified atom stereocenters. The summed E-state index contributed by atoms with van der Waals surface area (Å²) in [7, 11) is 1.86. The molecule has 0 aliphatic carbocycles. The average molecular weight is 477 g/mol. The second-order valence-corrected chi connectivity index (χ2v) is 7.78. The van der Waals surface area contributed by atoms with E-state index >= 15 is 0 Å². The molecule has 2 aromatic heterocycles. The van der Waals surface area contributed by atoms with Gasteiger partial charge in [-0.05, 0) is 31.4 Å². The maximum absolute atomic E-state index is 4.49. The number of nitrogens with one attached hydrogen (secondary N) is 1. The number of rotatable bonds is 3. The first-order chi connectivity index (χ1) is 11.2. The number of aliphatic imine (C=N–C) groups is 1. The molecule has 2 aromatic rings. The Balaban J connectivity index is 0.00000208. The monoisotopic (exact) mass is 477 g/mol. The first kappa shape index (κ1) is 19.5. The molecule has 132 valence electrons. The van der Waals surface area contributed by atoms with Gasteiger partial charge in [0.05, 0.1) is 22.2 Å². The van der Waals surface area contributed by atoms with Gasteiger partial charge in [0.2, 0.25) is 0 Å². The first-order valence-corrected chi connectivity index (χ1v) is 9.54. The molecule has 1 fully saturated rings. The van der Waals surface area contributed by atoms with Gasteiger partial charge in [0.1, 0.15) is 0 Å². The minimum atomic E-state index is 0. The van der Waals surface area contributed by atoms with Gasteiger partial charge in [0, 0.05) is 38.1 Å². The number of piperazine rings is 1. The average Bonchev–Trinajstić information content (AvgIpc) is 3.19. The fourth-order valence-electron chi connectivity index (χ4n) is 2.82. The Morgan fingerprint density at radius 2 is 2.04 bits per heavy atom. The van der Waals surface area contributed by atoms with Crippen LogP contribution in [-0.2, 0) is 6.54 Å². The Labute approximate surface area is 168 Å². The van der Waals surface area contributed by atoms with Crippen molar-refractivity contribution in [1.82, 2.24) is 15.2 Å². The molecule has 8 heteroatoms. The SMILES string of the molecule is CN=C(NCc1sc(C)nc1C)N1CCN(c2cccs2)CC1.I. The fourth-order valence-corrected chi connectivity index (χ4v) is 4.48. The second-order valence-electron chi connectivity index (χ2n) is 5.57. The lowest BCUT2D eigenvalue weighted by Gasteiger charge is -2.37. The van der Waals surface area contributed by atoms with Crippen LogP contribution in [0, 0.1) is 13.8 Å². The van der Waals surface area contributed by atoms with Crippen molar-refractivity contribution in [3.63, 3.8) is 0 Å². The quantitative estimate of drug-likeness (QED) is 0.419. The van der Waals surface area contributed by atoms with Crippen LogP contribution >= 0.6 is 46.7 Å². The number of anilines is 1. The highest BCUT2D eigenvalue weighted by Crippen LogP contribution is 2.22. The standard InChI is InChI=1S/C16H23N5S2.HI/c1-12-14(23-13(2)19-12)11-18-16(17-3)21-8-6-20(7-9-21)15-5-4-10-22-15;/h4-5,10H,6-9,11H2,1-3H3,(H,17,18);1H. The van der Waals surface area contributed by atoms with Crippen molar-refractivity contribution < 1.29 is 0 Å². The molecule has 0 radical (unpaired) electrons. The number of nitrogens with zero attached hydrogens (tertiary/aromatic N) is 4. The molecule has 1 N–H and O–H groups in total. The van der Waals surface area contributed by atoms with Crippen LogP contribution in [0.25, 0.3) is 0 Å². The van der Waals surface area contributed by atoms with Crippen molar-refractivity contribution >= 4 is 57.6 Å². The lowest BCUT2D eigenvalue weighted by atomic mass is 10.3. The molecular formula is C16H24IN5S2. The molecular weight excluding hydrogens is 453 g/mol. The van der Waals surface area contributed by atoms with Crippen LogP contribution in [0.3, 0.4) is 0 Å². The predicted octanol–water partition coefficient (Wildman–Crippen LogP) is 3.34. The summed E-state index contributed by atoms with van der Waals surface area (Å²) in [5, 5.41) is 8.12. The van der Waals surface area contributed by atoms with Crippen LogP contribution in [0.4, 0.5) is 5.00 Å². The van der Waals surface area contributed by atoms with E-state index in [1.807, 2.05) is 18.4 Å². The topological polar surface area (TPSA) is 43.8 Å². The van der Waals surface area contributed by atoms with Crippen molar-refractivity contribution in [2.75, 3.05) is 38.1 Å². The van der Waals surface area contributed by atoms with Crippen LogP contribution in [0.2, 0.25) is 0 Å². The van der Waals surface area contributed by atoms with Crippen molar-refractivity contribution in [2.24, 2.45) is 4.99 Å². The number of guanidine groups is 1. The van der Waals surface area contributed by atoms with Crippen LogP contribution in [-0.4, -0.2) is 49.1 Å². The van der Waals surface area contributed by atoms with Crippen molar-refractivity contribution in [1.29, 1.82) is 0 Å². The number of thiophene rings is 1. The van der Waals surface area contributed by atoms with Crippen LogP contribution in [0.1, 0.15) is 15.6 Å². The van der Waals surface area contributed by atoms with Gasteiger partial charge in [-0.2, -0.15) is 0 Å². The zero-order valence-corrected chi connectivity index (χ0v) is 18.2. The van der Waals surface area contributed by atoms with E-state index in [4.69, 9.17) is 0 Å². The van der Waals surface area contributed by atoms with E-state index in [0.717, 1.165) is 49.4 Å². The Kier molecular flexibility index (Phi) is 7.30. The van der Waals surface area contributed by atoms with Gasteiger partial charge in [0.15, 0.2) is 5.96 Å². The van der Waals surface area contributed by atoms with E-state index in [0.29, 0.717) is 0 Å². The third-order valence-electron chi connectivity index (χ3n) is 4.02. The van der Waals surface area contributed by atoms with Gasteiger partial charge >= 0.3 is 0 Å². The minimum absolute atomic E-state index is 0. The lowest BCUT2D eigenvalue weighted by molar-refractivity contribution is 0.373. The normalized spacial score (nSPS) is 15.4. The van der Waals surface area contributed by atoms with Gasteiger partial charge < -0.3 is 15.1 Å². The van der Waals surface area contributed by atoms with Crippen molar-refractivity contribution in [3.8, 4) is 0 Å². The summed E-state index contributed by atoms with van der Waals surface area (Å²) in [6.45, 7) is 9.01. The molecule has 0 bridgehead atoms. The molecule has 0 amide bonds. The zero-order chi connectivity index (χ0) is 16.2. The Bertz CT molecular complexity index is 660. The summed E-state index contributed by atoms with van der Waals surface area (Å²) in [6.07, 6.45) is 0. The van der Waals surface area contributed by atoms with Crippen molar-refractivity contribution in [2.45, 2.75) is 20.4 Å². The maximum atomic E-state index is 4.49. The number of hydrogen-bond acceptors (Lipinski definition) is 5. The zero-order valence-electron chi connectivity index (χ0n) is 14.3. The summed E-state index contributed by atoms with van der Waals surface area (Å²) in [6, 6.07) is 4.31. The summed E-state index contributed by atoms with van der Waals surface area (Å²) >= 11 is 3.57. The summed E-state index contributed by atoms with van der Waals surface area (Å²) < 4.78 is 0. The second kappa shape index (κ2) is 9.00. The van der Waals surface area contributed by atoms with Gasteiger partial charge in [0.25, 0.3) is 0 Å². The Hall–Kier alpha value is -0.870. The Morgan fingerprint density at radius 1 is 1.29 bits per heavy atom. The molecule has 1 aliphatic heterocycles. The van der Waals surface area contributed by atoms with E-state index in [9.17, 15) is 0 Å². The van der Waals surface area contributed by atoms with Crippen LogP contribution in [0.15, 0.2) is 22.5 Å². The van der Waals surface area contributed by atoms with Gasteiger partial charge in [-0.1, -0.05) is 0 Å². The van der Waals surface area contributed by atoms with E-state index in [-0.39, 0.29) is 24.0 Å². The number of hydrogen-bond donors (Lipinski definition) is 1.